The summed E-state index contributed by atoms with van der Waals surface area (Å²) >= 11 is 1.80. The molecule has 0 N–H and O–H groups in total. The first kappa shape index (κ1) is 10.1. The molecule has 0 spiro atoms. The number of rotatable bonds is 2. The number of aryl methyl sites for hydroxylation is 1. The smallest absolute Gasteiger partial charge is 0.107 e. The maximum atomic E-state index is 4.51. The van der Waals surface area contributed by atoms with Crippen LogP contribution in [-0.4, -0.2) is 23.0 Å². The largest absolute Gasteiger partial charge is 0.297 e. The van der Waals surface area contributed by atoms with Crippen LogP contribution in [0.1, 0.15) is 36.4 Å². The van der Waals surface area contributed by atoms with Gasteiger partial charge in [0.25, 0.3) is 0 Å². The average molecular weight is 210 g/mol. The average Bonchev–Trinajstić information content (AvgIpc) is 2.43. The minimum absolute atomic E-state index is 1.07. The van der Waals surface area contributed by atoms with Crippen molar-refractivity contribution in [3.8, 4) is 0 Å². The van der Waals surface area contributed by atoms with E-state index in [9.17, 15) is 0 Å². The summed E-state index contributed by atoms with van der Waals surface area (Å²) < 4.78 is 0. The number of thiazole rings is 1. The lowest BCUT2D eigenvalue weighted by atomic mass is 10.2. The summed E-state index contributed by atoms with van der Waals surface area (Å²) in [6, 6.07) is 0. The Morgan fingerprint density at radius 3 is 2.57 bits per heavy atom. The number of hydrogen-bond donors (Lipinski definition) is 0. The summed E-state index contributed by atoms with van der Waals surface area (Å²) in [6.45, 7) is 5.66. The molecule has 0 atom stereocenters. The van der Waals surface area contributed by atoms with E-state index in [0.29, 0.717) is 0 Å². The molecule has 2 nitrogen and oxygen atoms in total. The first-order valence-corrected chi connectivity index (χ1v) is 6.36. The van der Waals surface area contributed by atoms with E-state index in [-0.39, 0.29) is 0 Å². The molecule has 78 valence electrons. The SMILES string of the molecule is Cc1csc(CN2CCCCCC2)n1. The topological polar surface area (TPSA) is 16.1 Å². The van der Waals surface area contributed by atoms with Gasteiger partial charge < -0.3 is 0 Å². The lowest BCUT2D eigenvalue weighted by Gasteiger charge is -2.17. The van der Waals surface area contributed by atoms with Crippen LogP contribution in [-0.2, 0) is 6.54 Å². The van der Waals surface area contributed by atoms with Crippen molar-refractivity contribution in [2.75, 3.05) is 13.1 Å². The monoisotopic (exact) mass is 210 g/mol. The second-order valence-corrected chi connectivity index (χ2v) is 5.02. The van der Waals surface area contributed by atoms with Crippen LogP contribution in [0.4, 0.5) is 0 Å². The predicted octanol–water partition coefficient (Wildman–Crippen LogP) is 2.83. The molecule has 2 rings (SSSR count). The molecular formula is C11H18N2S. The summed E-state index contributed by atoms with van der Waals surface area (Å²) in [5, 5.41) is 3.43. The van der Waals surface area contributed by atoms with Crippen LogP contribution in [0.2, 0.25) is 0 Å². The first-order valence-electron chi connectivity index (χ1n) is 5.48. The molecule has 0 radical (unpaired) electrons. The fourth-order valence-electron chi connectivity index (χ4n) is 1.96. The number of aromatic nitrogens is 1. The van der Waals surface area contributed by atoms with Gasteiger partial charge in [-0.15, -0.1) is 11.3 Å². The Morgan fingerprint density at radius 1 is 1.29 bits per heavy atom. The minimum atomic E-state index is 1.07. The van der Waals surface area contributed by atoms with Gasteiger partial charge in [0.05, 0.1) is 6.54 Å². The zero-order chi connectivity index (χ0) is 9.80. The molecule has 0 unspecified atom stereocenters. The molecule has 0 bridgehead atoms. The molecule has 2 heterocycles. The Labute approximate surface area is 90.0 Å². The lowest BCUT2D eigenvalue weighted by molar-refractivity contribution is 0.276. The van der Waals surface area contributed by atoms with Crippen LogP contribution in [0, 0.1) is 6.92 Å². The van der Waals surface area contributed by atoms with Gasteiger partial charge in [0, 0.05) is 11.1 Å². The van der Waals surface area contributed by atoms with E-state index >= 15 is 0 Å². The third kappa shape index (κ3) is 2.79. The first-order chi connectivity index (χ1) is 6.84. The predicted molar refractivity (Wildman–Crippen MR) is 60.6 cm³/mol. The summed E-state index contributed by atoms with van der Waals surface area (Å²) in [6.07, 6.45) is 5.55. The minimum Gasteiger partial charge on any atom is -0.297 e. The highest BCUT2D eigenvalue weighted by Crippen LogP contribution is 2.15. The van der Waals surface area contributed by atoms with Crippen molar-refractivity contribution in [3.05, 3.63) is 16.1 Å². The Balaban J connectivity index is 1.89. The molecule has 1 saturated heterocycles. The third-order valence-corrected chi connectivity index (χ3v) is 3.68. The zero-order valence-corrected chi connectivity index (χ0v) is 9.65. The molecular weight excluding hydrogens is 192 g/mol. The fraction of sp³-hybridized carbons (Fsp3) is 0.727. The van der Waals surface area contributed by atoms with Gasteiger partial charge in [-0.25, -0.2) is 4.98 Å². The number of hydrogen-bond acceptors (Lipinski definition) is 3. The fourth-order valence-corrected chi connectivity index (χ4v) is 2.77. The molecule has 3 heteroatoms. The van der Waals surface area contributed by atoms with Crippen LogP contribution in [0.15, 0.2) is 5.38 Å². The van der Waals surface area contributed by atoms with Gasteiger partial charge in [-0.3, -0.25) is 4.90 Å². The quantitative estimate of drug-likeness (QED) is 0.746. The Morgan fingerprint density at radius 2 is 2.00 bits per heavy atom. The van der Waals surface area contributed by atoms with Crippen molar-refractivity contribution < 1.29 is 0 Å². The van der Waals surface area contributed by atoms with E-state index in [4.69, 9.17) is 0 Å². The maximum absolute atomic E-state index is 4.51. The van der Waals surface area contributed by atoms with Crippen LogP contribution >= 0.6 is 11.3 Å². The van der Waals surface area contributed by atoms with Gasteiger partial charge in [-0.2, -0.15) is 0 Å². The second kappa shape index (κ2) is 4.89. The molecule has 0 saturated carbocycles. The molecule has 1 fully saturated rings. The lowest BCUT2D eigenvalue weighted by Crippen LogP contribution is -2.23. The van der Waals surface area contributed by atoms with Crippen LogP contribution in [0.25, 0.3) is 0 Å². The maximum Gasteiger partial charge on any atom is 0.107 e. The highest BCUT2D eigenvalue weighted by atomic mass is 32.1. The molecule has 1 aliphatic heterocycles. The van der Waals surface area contributed by atoms with Gasteiger partial charge in [-0.1, -0.05) is 12.8 Å². The van der Waals surface area contributed by atoms with Crippen molar-refractivity contribution in [3.63, 3.8) is 0 Å². The molecule has 14 heavy (non-hydrogen) atoms. The van der Waals surface area contributed by atoms with Crippen molar-refractivity contribution in [1.82, 2.24) is 9.88 Å². The molecule has 1 aromatic heterocycles. The van der Waals surface area contributed by atoms with E-state index < -0.39 is 0 Å². The van der Waals surface area contributed by atoms with E-state index in [2.05, 4.69) is 22.2 Å². The second-order valence-electron chi connectivity index (χ2n) is 4.07. The number of nitrogens with zero attached hydrogens (tertiary/aromatic N) is 2. The molecule has 1 aliphatic rings. The molecule has 0 aliphatic carbocycles. The van der Waals surface area contributed by atoms with Crippen molar-refractivity contribution >= 4 is 11.3 Å². The molecule has 0 amide bonds. The Kier molecular flexibility index (Phi) is 3.54. The van der Waals surface area contributed by atoms with Crippen molar-refractivity contribution in [2.45, 2.75) is 39.2 Å². The van der Waals surface area contributed by atoms with Gasteiger partial charge in [-0.05, 0) is 32.9 Å². The highest BCUT2D eigenvalue weighted by molar-refractivity contribution is 7.09. The Bertz CT molecular complexity index is 275. The van der Waals surface area contributed by atoms with E-state index in [1.54, 1.807) is 11.3 Å². The summed E-state index contributed by atoms with van der Waals surface area (Å²) in [5.74, 6) is 0. The van der Waals surface area contributed by atoms with Crippen molar-refractivity contribution in [1.29, 1.82) is 0 Å². The molecule has 1 aromatic rings. The Hall–Kier alpha value is -0.410. The van der Waals surface area contributed by atoms with Gasteiger partial charge in [0.1, 0.15) is 5.01 Å². The van der Waals surface area contributed by atoms with Gasteiger partial charge >= 0.3 is 0 Å². The van der Waals surface area contributed by atoms with Crippen LogP contribution < -0.4 is 0 Å². The third-order valence-electron chi connectivity index (χ3n) is 2.72. The van der Waals surface area contributed by atoms with Crippen LogP contribution in [0.3, 0.4) is 0 Å². The zero-order valence-electron chi connectivity index (χ0n) is 8.83. The summed E-state index contributed by atoms with van der Waals surface area (Å²) in [4.78, 5) is 7.06. The summed E-state index contributed by atoms with van der Waals surface area (Å²) in [5.41, 5.74) is 1.17. The van der Waals surface area contributed by atoms with Gasteiger partial charge in [0.15, 0.2) is 0 Å². The summed E-state index contributed by atoms with van der Waals surface area (Å²) in [7, 11) is 0. The molecule has 0 aromatic carbocycles. The normalized spacial score (nSPS) is 19.5. The van der Waals surface area contributed by atoms with E-state index in [1.165, 1.54) is 49.5 Å². The van der Waals surface area contributed by atoms with Gasteiger partial charge in [0.2, 0.25) is 0 Å². The van der Waals surface area contributed by atoms with Crippen molar-refractivity contribution in [2.24, 2.45) is 0 Å². The highest BCUT2D eigenvalue weighted by Gasteiger charge is 2.10. The van der Waals surface area contributed by atoms with E-state index in [1.807, 2.05) is 0 Å². The number of likely N-dealkylation sites (tertiary alicyclic amines) is 1. The standard InChI is InChI=1S/C11H18N2S/c1-10-9-14-11(12-10)8-13-6-4-2-3-5-7-13/h9H,2-8H2,1H3. The van der Waals surface area contributed by atoms with E-state index in [0.717, 1.165) is 6.54 Å². The van der Waals surface area contributed by atoms with Crippen LogP contribution in [0.5, 0.6) is 0 Å².